The maximum atomic E-state index is 5.76. The van der Waals surface area contributed by atoms with Gasteiger partial charge < -0.3 is 10.5 Å². The van der Waals surface area contributed by atoms with E-state index in [-0.39, 0.29) is 0 Å². The molecule has 17 heavy (non-hydrogen) atoms. The van der Waals surface area contributed by atoms with Crippen molar-refractivity contribution in [3.05, 3.63) is 23.5 Å². The Hall–Kier alpha value is -0.950. The molecule has 3 heterocycles. The Morgan fingerprint density at radius 2 is 2.53 bits per heavy atom. The van der Waals surface area contributed by atoms with Crippen LogP contribution in [-0.2, 0) is 11.3 Å². The Balaban J connectivity index is 1.74. The van der Waals surface area contributed by atoms with E-state index >= 15 is 0 Å². The molecule has 1 aliphatic heterocycles. The molecule has 0 bridgehead atoms. The standard InChI is InChI=1S/C11H16N4OS/c12-5-10-8-16-3-1-14(10)6-9-7-15-2-4-17-11(15)13-9/h2,4,7,10H,1,3,5-6,8,12H2. The van der Waals surface area contributed by atoms with E-state index in [2.05, 4.69) is 20.5 Å². The van der Waals surface area contributed by atoms with Gasteiger partial charge in [-0.1, -0.05) is 0 Å². The molecule has 2 N–H and O–H groups in total. The highest BCUT2D eigenvalue weighted by molar-refractivity contribution is 7.15. The van der Waals surface area contributed by atoms with Crippen LogP contribution in [-0.4, -0.2) is 46.6 Å². The number of aromatic nitrogens is 2. The molecule has 2 aromatic rings. The summed E-state index contributed by atoms with van der Waals surface area (Å²) in [6.45, 7) is 3.96. The molecule has 1 unspecified atom stereocenters. The second-order valence-corrected chi connectivity index (χ2v) is 5.13. The Labute approximate surface area is 104 Å². The highest BCUT2D eigenvalue weighted by atomic mass is 32.1. The summed E-state index contributed by atoms with van der Waals surface area (Å²) in [7, 11) is 0. The van der Waals surface area contributed by atoms with E-state index in [9.17, 15) is 0 Å². The number of ether oxygens (including phenoxy) is 1. The number of nitrogens with two attached hydrogens (primary N) is 1. The van der Waals surface area contributed by atoms with Gasteiger partial charge in [0, 0.05) is 43.4 Å². The van der Waals surface area contributed by atoms with Gasteiger partial charge in [0.15, 0.2) is 4.96 Å². The highest BCUT2D eigenvalue weighted by Crippen LogP contribution is 2.15. The maximum absolute atomic E-state index is 5.76. The zero-order valence-electron chi connectivity index (χ0n) is 9.58. The molecule has 6 heteroatoms. The molecule has 5 nitrogen and oxygen atoms in total. The third-order valence-electron chi connectivity index (χ3n) is 3.13. The SMILES string of the molecule is NCC1COCCN1Cc1cn2ccsc2n1. The summed E-state index contributed by atoms with van der Waals surface area (Å²) in [5, 5.41) is 2.05. The van der Waals surface area contributed by atoms with Crippen molar-refractivity contribution in [2.75, 3.05) is 26.3 Å². The third kappa shape index (κ3) is 2.21. The molecule has 2 aromatic heterocycles. The van der Waals surface area contributed by atoms with Gasteiger partial charge >= 0.3 is 0 Å². The molecular weight excluding hydrogens is 236 g/mol. The van der Waals surface area contributed by atoms with Crippen LogP contribution in [0, 0.1) is 0 Å². The number of hydrogen-bond acceptors (Lipinski definition) is 5. The Kier molecular flexibility index (Phi) is 3.11. The van der Waals surface area contributed by atoms with Crippen molar-refractivity contribution in [2.24, 2.45) is 5.73 Å². The normalized spacial score (nSPS) is 22.3. The van der Waals surface area contributed by atoms with Crippen LogP contribution >= 0.6 is 11.3 Å². The zero-order chi connectivity index (χ0) is 11.7. The summed E-state index contributed by atoms with van der Waals surface area (Å²) in [5.74, 6) is 0. The zero-order valence-corrected chi connectivity index (χ0v) is 10.4. The van der Waals surface area contributed by atoms with E-state index in [1.54, 1.807) is 11.3 Å². The van der Waals surface area contributed by atoms with Crippen LogP contribution in [0.5, 0.6) is 0 Å². The predicted molar refractivity (Wildman–Crippen MR) is 67.1 cm³/mol. The lowest BCUT2D eigenvalue weighted by molar-refractivity contribution is -0.00839. The molecule has 1 saturated heterocycles. The lowest BCUT2D eigenvalue weighted by atomic mass is 10.2. The second kappa shape index (κ2) is 4.73. The maximum Gasteiger partial charge on any atom is 0.193 e. The third-order valence-corrected chi connectivity index (χ3v) is 3.90. The first-order chi connectivity index (χ1) is 8.36. The number of imidazole rings is 1. The molecule has 0 spiro atoms. The lowest BCUT2D eigenvalue weighted by Crippen LogP contribution is -2.48. The number of fused-ring (bicyclic) bond motifs is 1. The second-order valence-electron chi connectivity index (χ2n) is 4.26. The predicted octanol–water partition coefficient (Wildman–Crippen LogP) is 0.555. The average Bonchev–Trinajstić information content (AvgIpc) is 2.90. The molecule has 3 rings (SSSR count). The van der Waals surface area contributed by atoms with Crippen LogP contribution < -0.4 is 5.73 Å². The average molecular weight is 252 g/mol. The summed E-state index contributed by atoms with van der Waals surface area (Å²) in [4.78, 5) is 8.00. The molecule has 0 aromatic carbocycles. The molecule has 0 amide bonds. The Bertz CT molecular complexity index is 466. The fourth-order valence-electron chi connectivity index (χ4n) is 2.17. The van der Waals surface area contributed by atoms with Crippen LogP contribution in [0.3, 0.4) is 0 Å². The van der Waals surface area contributed by atoms with E-state index in [0.29, 0.717) is 12.6 Å². The Morgan fingerprint density at radius 3 is 3.35 bits per heavy atom. The lowest BCUT2D eigenvalue weighted by Gasteiger charge is -2.34. The first kappa shape index (κ1) is 11.2. The van der Waals surface area contributed by atoms with Gasteiger partial charge in [-0.15, -0.1) is 11.3 Å². The first-order valence-corrected chi connectivity index (χ1v) is 6.68. The quantitative estimate of drug-likeness (QED) is 0.867. The highest BCUT2D eigenvalue weighted by Gasteiger charge is 2.22. The first-order valence-electron chi connectivity index (χ1n) is 5.80. The van der Waals surface area contributed by atoms with Crippen molar-refractivity contribution in [3.8, 4) is 0 Å². The van der Waals surface area contributed by atoms with Crippen LogP contribution in [0.15, 0.2) is 17.8 Å². The van der Waals surface area contributed by atoms with Gasteiger partial charge in [0.2, 0.25) is 0 Å². The van der Waals surface area contributed by atoms with E-state index < -0.39 is 0 Å². The number of thiazole rings is 1. The van der Waals surface area contributed by atoms with E-state index in [1.165, 1.54) is 0 Å². The van der Waals surface area contributed by atoms with Crippen molar-refractivity contribution >= 4 is 16.3 Å². The minimum atomic E-state index is 0.323. The van der Waals surface area contributed by atoms with Crippen LogP contribution in [0.25, 0.3) is 4.96 Å². The van der Waals surface area contributed by atoms with Crippen LogP contribution in [0.2, 0.25) is 0 Å². The van der Waals surface area contributed by atoms with Crippen LogP contribution in [0.4, 0.5) is 0 Å². The van der Waals surface area contributed by atoms with Crippen molar-refractivity contribution < 1.29 is 4.74 Å². The van der Waals surface area contributed by atoms with E-state index in [4.69, 9.17) is 10.5 Å². The van der Waals surface area contributed by atoms with Gasteiger partial charge in [-0.3, -0.25) is 9.30 Å². The van der Waals surface area contributed by atoms with Crippen LogP contribution in [0.1, 0.15) is 5.69 Å². The van der Waals surface area contributed by atoms with Crippen molar-refractivity contribution in [2.45, 2.75) is 12.6 Å². The van der Waals surface area contributed by atoms with Gasteiger partial charge in [0.25, 0.3) is 0 Å². The van der Waals surface area contributed by atoms with Gasteiger partial charge in [-0.25, -0.2) is 4.98 Å². The monoisotopic (exact) mass is 252 g/mol. The van der Waals surface area contributed by atoms with Gasteiger partial charge in [0.1, 0.15) is 0 Å². The number of rotatable bonds is 3. The molecule has 1 aliphatic rings. The van der Waals surface area contributed by atoms with Gasteiger partial charge in [-0.05, 0) is 0 Å². The smallest absolute Gasteiger partial charge is 0.193 e. The summed E-state index contributed by atoms with van der Waals surface area (Å²) in [5.41, 5.74) is 6.87. The largest absolute Gasteiger partial charge is 0.378 e. The van der Waals surface area contributed by atoms with Gasteiger partial charge in [0.05, 0.1) is 18.9 Å². The fraction of sp³-hybridized carbons (Fsp3) is 0.545. The van der Waals surface area contributed by atoms with Crippen molar-refractivity contribution in [3.63, 3.8) is 0 Å². The molecule has 0 radical (unpaired) electrons. The fourth-order valence-corrected chi connectivity index (χ4v) is 2.89. The van der Waals surface area contributed by atoms with E-state index in [1.807, 2.05) is 11.6 Å². The molecular formula is C11H16N4OS. The summed E-state index contributed by atoms with van der Waals surface area (Å²) in [6.07, 6.45) is 4.13. The minimum absolute atomic E-state index is 0.323. The number of hydrogen-bond donors (Lipinski definition) is 1. The van der Waals surface area contributed by atoms with Gasteiger partial charge in [-0.2, -0.15) is 0 Å². The molecule has 1 atom stereocenters. The molecule has 1 fully saturated rings. The summed E-state index contributed by atoms with van der Waals surface area (Å²) < 4.78 is 7.51. The van der Waals surface area contributed by atoms with E-state index in [0.717, 1.165) is 37.0 Å². The van der Waals surface area contributed by atoms with Crippen molar-refractivity contribution in [1.82, 2.24) is 14.3 Å². The molecule has 0 aliphatic carbocycles. The summed E-state index contributed by atoms with van der Waals surface area (Å²) >= 11 is 1.66. The van der Waals surface area contributed by atoms with Crippen molar-refractivity contribution in [1.29, 1.82) is 0 Å². The summed E-state index contributed by atoms with van der Waals surface area (Å²) in [6, 6.07) is 0.323. The number of morpholine rings is 1. The minimum Gasteiger partial charge on any atom is -0.378 e. The molecule has 92 valence electrons. The topological polar surface area (TPSA) is 55.8 Å². The molecule has 0 saturated carbocycles. The Morgan fingerprint density at radius 1 is 1.59 bits per heavy atom. The number of nitrogens with zero attached hydrogens (tertiary/aromatic N) is 3.